The van der Waals surface area contributed by atoms with E-state index in [-0.39, 0.29) is 29.3 Å². The van der Waals surface area contributed by atoms with Crippen LogP contribution in [0.1, 0.15) is 11.3 Å². The van der Waals surface area contributed by atoms with E-state index in [1.54, 1.807) is 30.0 Å². The Morgan fingerprint density at radius 1 is 1.64 bits per heavy atom. The van der Waals surface area contributed by atoms with E-state index in [2.05, 4.69) is 4.98 Å². The number of alkyl halides is 3. The number of nitrogens with one attached hydrogen (secondary N) is 1. The van der Waals surface area contributed by atoms with Gasteiger partial charge in [0.25, 0.3) is 0 Å². The summed E-state index contributed by atoms with van der Waals surface area (Å²) in [7, 11) is 0. The zero-order chi connectivity index (χ0) is 18.4. The van der Waals surface area contributed by atoms with E-state index in [0.29, 0.717) is 17.8 Å². The zero-order valence-corrected chi connectivity index (χ0v) is 16.1. The second-order valence-corrected chi connectivity index (χ2v) is 8.19. The van der Waals surface area contributed by atoms with Crippen molar-refractivity contribution in [2.45, 2.75) is 17.4 Å². The molecule has 1 aliphatic heterocycles. The van der Waals surface area contributed by atoms with Crippen molar-refractivity contribution in [2.24, 2.45) is 11.3 Å². The van der Waals surface area contributed by atoms with E-state index in [1.807, 2.05) is 0 Å². The first kappa shape index (κ1) is 18.5. The van der Waals surface area contributed by atoms with Crippen LogP contribution in [-0.4, -0.2) is 38.0 Å². The van der Waals surface area contributed by atoms with E-state index in [4.69, 9.17) is 21.7 Å². The van der Waals surface area contributed by atoms with Gasteiger partial charge in [0, 0.05) is 29.1 Å². The van der Waals surface area contributed by atoms with Crippen LogP contribution in [0.25, 0.3) is 0 Å². The number of likely N-dealkylation sites (tertiary alicyclic amines) is 1. The molecule has 5 nitrogen and oxygen atoms in total. The van der Waals surface area contributed by atoms with Gasteiger partial charge in [0.2, 0.25) is 5.91 Å². The minimum absolute atomic E-state index is 0.0385. The fraction of sp³-hybridized carbons (Fsp3) is 0.438. The molecule has 134 valence electrons. The first-order chi connectivity index (χ1) is 11.6. The molecule has 2 heterocycles. The number of halogens is 4. The van der Waals surface area contributed by atoms with Crippen molar-refractivity contribution < 1.29 is 18.3 Å². The summed E-state index contributed by atoms with van der Waals surface area (Å²) in [5.41, 5.74) is 0.581. The molecule has 2 atom stereocenters. The van der Waals surface area contributed by atoms with Crippen LogP contribution in [-0.2, 0) is 11.3 Å². The van der Waals surface area contributed by atoms with Gasteiger partial charge in [-0.15, -0.1) is 0 Å². The van der Waals surface area contributed by atoms with Gasteiger partial charge >= 0.3 is 3.93 Å². The van der Waals surface area contributed by atoms with Crippen molar-refractivity contribution in [1.82, 2.24) is 9.88 Å². The van der Waals surface area contributed by atoms with Gasteiger partial charge in [0.15, 0.2) is 6.61 Å². The number of hydrogen-bond donors (Lipinski definition) is 1. The number of aromatic nitrogens is 1. The lowest BCUT2D eigenvalue weighted by molar-refractivity contribution is -0.130. The van der Waals surface area contributed by atoms with Gasteiger partial charge in [-0.3, -0.25) is 15.2 Å². The van der Waals surface area contributed by atoms with Crippen LogP contribution < -0.4 is 4.74 Å². The maximum Gasteiger partial charge on any atom is 0.329 e. The second-order valence-electron chi connectivity index (χ2n) is 6.23. The normalized spacial score (nSPS) is 24.9. The molecule has 1 aliphatic carbocycles. The highest BCUT2D eigenvalue weighted by Crippen LogP contribution is 2.48. The molecule has 1 N–H and O–H groups in total. The average Bonchev–Trinajstić information content (AvgIpc) is 2.65. The molecule has 0 radical (unpaired) electrons. The molecule has 1 amide bonds. The summed E-state index contributed by atoms with van der Waals surface area (Å²) in [6.07, 6.45) is 4.95. The zero-order valence-electron chi connectivity index (χ0n) is 13.2. The number of ether oxygens (including phenoxy) is 1. The first-order valence-electron chi connectivity index (χ1n) is 7.50. The second kappa shape index (κ2) is 6.46. The van der Waals surface area contributed by atoms with Crippen LogP contribution in [0, 0.1) is 23.7 Å². The Kier molecular flexibility index (Phi) is 4.78. The molecule has 1 aromatic rings. The van der Waals surface area contributed by atoms with E-state index in [0.717, 1.165) is 22.6 Å². The first-order valence-corrected chi connectivity index (χ1v) is 8.96. The van der Waals surface area contributed by atoms with Crippen molar-refractivity contribution >= 4 is 45.3 Å². The average molecular weight is 482 g/mol. The maximum absolute atomic E-state index is 12.9. The Hall–Kier alpha value is -1.29. The van der Waals surface area contributed by atoms with E-state index < -0.39 is 16.0 Å². The van der Waals surface area contributed by atoms with Crippen molar-refractivity contribution in [1.29, 1.82) is 5.41 Å². The van der Waals surface area contributed by atoms with Gasteiger partial charge in [-0.2, -0.15) is 8.78 Å². The summed E-state index contributed by atoms with van der Waals surface area (Å²) in [5, 5.41) is 7.69. The third-order valence-electron chi connectivity index (χ3n) is 4.44. The monoisotopic (exact) mass is 481 g/mol. The van der Waals surface area contributed by atoms with Crippen LogP contribution in [0.3, 0.4) is 0 Å². The maximum atomic E-state index is 12.9. The summed E-state index contributed by atoms with van der Waals surface area (Å²) in [6.45, 7) is 1.62. The fourth-order valence-corrected chi connectivity index (χ4v) is 3.47. The van der Waals surface area contributed by atoms with Gasteiger partial charge < -0.3 is 9.64 Å². The third-order valence-corrected chi connectivity index (χ3v) is 5.11. The molecule has 1 fully saturated rings. The number of amides is 1. The van der Waals surface area contributed by atoms with Gasteiger partial charge in [-0.25, -0.2) is 0 Å². The minimum atomic E-state index is -2.95. The summed E-state index contributed by atoms with van der Waals surface area (Å²) in [5.74, 6) is -0.182. The number of aryl methyl sites for hydroxylation is 1. The minimum Gasteiger partial charge on any atom is -0.485 e. The van der Waals surface area contributed by atoms with E-state index in [1.165, 1.54) is 6.20 Å². The number of fused-ring (bicyclic) bond motifs is 1. The molecule has 1 unspecified atom stereocenters. The van der Waals surface area contributed by atoms with Gasteiger partial charge in [0.05, 0.1) is 29.8 Å². The van der Waals surface area contributed by atoms with Gasteiger partial charge in [0.1, 0.15) is 10.9 Å². The molecule has 0 spiro atoms. The topological polar surface area (TPSA) is 66.3 Å². The van der Waals surface area contributed by atoms with E-state index in [9.17, 15) is 13.6 Å². The molecule has 1 saturated heterocycles. The Morgan fingerprint density at radius 2 is 2.36 bits per heavy atom. The number of carbonyl (C=O) groups excluding carboxylic acids is 1. The van der Waals surface area contributed by atoms with Crippen molar-refractivity contribution in [3.8, 4) is 5.75 Å². The standard InChI is InChI=1S/C16H15ClF2IN3O2/c1-9-4-10(22-5-12(9)25-8-16(18,19)20)6-23-7-15(14(17)21)3-2-11(15)13(23)24/h2-5,11,21H,6-8H2,1H3/t11?,15-/m0/s1. The molecule has 1 aromatic heterocycles. The number of rotatable bonds is 6. The molecule has 2 aliphatic rings. The molecule has 0 saturated carbocycles. The summed E-state index contributed by atoms with van der Waals surface area (Å²) < 4.78 is 27.9. The summed E-state index contributed by atoms with van der Waals surface area (Å²) >= 11 is 6.90. The van der Waals surface area contributed by atoms with E-state index >= 15 is 0 Å². The Morgan fingerprint density at radius 3 is 2.84 bits per heavy atom. The highest BCUT2D eigenvalue weighted by molar-refractivity contribution is 14.1. The van der Waals surface area contributed by atoms with Crippen LogP contribution in [0.5, 0.6) is 5.75 Å². The molecule has 0 aromatic carbocycles. The largest absolute Gasteiger partial charge is 0.485 e. The molecule has 3 rings (SSSR count). The highest BCUT2D eigenvalue weighted by atomic mass is 127. The molecule has 0 bridgehead atoms. The lowest BCUT2D eigenvalue weighted by Gasteiger charge is -2.33. The van der Waals surface area contributed by atoms with Crippen molar-refractivity contribution in [3.05, 3.63) is 35.7 Å². The van der Waals surface area contributed by atoms with Crippen LogP contribution in [0.15, 0.2) is 24.4 Å². The third kappa shape index (κ3) is 3.51. The predicted molar refractivity (Wildman–Crippen MR) is 97.5 cm³/mol. The van der Waals surface area contributed by atoms with Crippen LogP contribution in [0.2, 0.25) is 0 Å². The summed E-state index contributed by atoms with van der Waals surface area (Å²) in [4.78, 5) is 18.2. The number of carbonyl (C=O) groups is 1. The Labute approximate surface area is 162 Å². The lowest BCUT2D eigenvalue weighted by Crippen LogP contribution is -2.39. The van der Waals surface area contributed by atoms with Crippen molar-refractivity contribution in [2.75, 3.05) is 13.2 Å². The molecule has 25 heavy (non-hydrogen) atoms. The molecule has 9 heteroatoms. The fourth-order valence-electron chi connectivity index (χ4n) is 3.08. The smallest absolute Gasteiger partial charge is 0.329 e. The SMILES string of the molecule is Cc1cc(CN2C[C@@]3(C(=N)Cl)C=CC3C2=O)ncc1OCC(F)(F)I. The number of nitrogens with zero attached hydrogens (tertiary/aromatic N) is 2. The lowest BCUT2D eigenvalue weighted by atomic mass is 9.70. The number of hydrogen-bond acceptors (Lipinski definition) is 4. The van der Waals surface area contributed by atoms with Crippen LogP contribution in [0.4, 0.5) is 8.78 Å². The Bertz CT molecular complexity index is 768. The summed E-state index contributed by atoms with van der Waals surface area (Å²) in [6, 6.07) is 1.71. The van der Waals surface area contributed by atoms with Gasteiger partial charge in [-0.1, -0.05) is 23.8 Å². The highest BCUT2D eigenvalue weighted by Gasteiger charge is 2.56. The van der Waals surface area contributed by atoms with Crippen LogP contribution >= 0.6 is 34.2 Å². The van der Waals surface area contributed by atoms with Gasteiger partial charge in [-0.05, 0) is 18.6 Å². The van der Waals surface area contributed by atoms with Crippen molar-refractivity contribution in [3.63, 3.8) is 0 Å². The molecular weight excluding hydrogens is 467 g/mol. The number of pyridine rings is 1. The predicted octanol–water partition coefficient (Wildman–Crippen LogP) is 3.53. The molecular formula is C16H15ClF2IN3O2. The Balaban J connectivity index is 1.69. The quantitative estimate of drug-likeness (QED) is 0.293.